The first-order valence-electron chi connectivity index (χ1n) is 19.2. The zero-order chi connectivity index (χ0) is 37.5. The van der Waals surface area contributed by atoms with Crippen LogP contribution in [0.15, 0.2) is 192 Å². The molecular formula is C52H32N4S. The zero-order valence-corrected chi connectivity index (χ0v) is 31.5. The number of benzene rings is 8. The van der Waals surface area contributed by atoms with Crippen LogP contribution in [0.3, 0.4) is 0 Å². The lowest BCUT2D eigenvalue weighted by Gasteiger charge is -2.16. The van der Waals surface area contributed by atoms with Crippen molar-refractivity contribution in [2.45, 2.75) is 9.79 Å². The highest BCUT2D eigenvalue weighted by atomic mass is 32.2. The molecule has 0 unspecified atom stereocenters. The third-order valence-corrected chi connectivity index (χ3v) is 12.7. The molecule has 0 radical (unpaired) electrons. The minimum atomic E-state index is 0.786. The number of rotatable bonds is 4. The van der Waals surface area contributed by atoms with E-state index in [1.165, 1.54) is 75.4 Å². The molecule has 12 rings (SSSR count). The lowest BCUT2D eigenvalue weighted by Crippen LogP contribution is -2.00. The van der Waals surface area contributed by atoms with Crippen LogP contribution in [0.25, 0.3) is 100 Å². The predicted octanol–water partition coefficient (Wildman–Crippen LogP) is 13.8. The van der Waals surface area contributed by atoms with Gasteiger partial charge in [-0.15, -0.1) is 0 Å². The fourth-order valence-corrected chi connectivity index (χ4v) is 10.1. The lowest BCUT2D eigenvalue weighted by atomic mass is 9.94. The van der Waals surface area contributed by atoms with E-state index in [1.54, 1.807) is 0 Å². The molecule has 266 valence electrons. The highest BCUT2D eigenvalue weighted by Crippen LogP contribution is 2.50. The van der Waals surface area contributed by atoms with Crippen molar-refractivity contribution in [1.82, 2.24) is 19.1 Å². The first-order chi connectivity index (χ1) is 28.3. The molecule has 0 atom stereocenters. The van der Waals surface area contributed by atoms with E-state index >= 15 is 0 Å². The minimum Gasteiger partial charge on any atom is -0.309 e. The second kappa shape index (κ2) is 12.7. The van der Waals surface area contributed by atoms with Crippen LogP contribution in [0.1, 0.15) is 11.1 Å². The second-order valence-corrected chi connectivity index (χ2v) is 15.6. The van der Waals surface area contributed by atoms with E-state index in [0.29, 0.717) is 0 Å². The molecule has 5 heteroatoms. The van der Waals surface area contributed by atoms with E-state index < -0.39 is 0 Å². The van der Waals surface area contributed by atoms with Crippen LogP contribution >= 0.6 is 11.8 Å². The Morgan fingerprint density at radius 3 is 1.93 bits per heavy atom. The quantitative estimate of drug-likeness (QED) is 0.180. The zero-order valence-electron chi connectivity index (χ0n) is 30.7. The van der Waals surface area contributed by atoms with Gasteiger partial charge in [0, 0.05) is 42.6 Å². The number of fused-ring (bicyclic) bond motifs is 11. The fourth-order valence-electron chi connectivity index (χ4n) is 8.87. The van der Waals surface area contributed by atoms with Crippen LogP contribution in [0.4, 0.5) is 0 Å². The van der Waals surface area contributed by atoms with Crippen LogP contribution < -0.4 is 0 Å². The molecule has 3 aromatic heterocycles. The van der Waals surface area contributed by atoms with E-state index in [2.05, 4.69) is 173 Å². The van der Waals surface area contributed by atoms with Crippen LogP contribution in [0.2, 0.25) is 0 Å². The fraction of sp³-hybridized carbons (Fsp3) is 0. The summed E-state index contributed by atoms with van der Waals surface area (Å²) in [5.41, 5.74) is 12.4. The van der Waals surface area contributed by atoms with Gasteiger partial charge in [-0.25, -0.2) is 4.98 Å². The lowest BCUT2D eigenvalue weighted by molar-refractivity contribution is 1.04. The standard InChI is InChI=1S/C52H32N4S/c1-3-14-34(15-4-1)44-31-54-50(32-53-44)56-46-22-12-10-20-41(46)51-48(56)30-42(40-26-25-39-37-18-8-7-13-33(37)24-28-49(39)57-52(40)51)35-23-27-47-43(29-35)38-19-9-11-21-45(38)55(47)36-16-5-2-6-17-36/h1-32H. The van der Waals surface area contributed by atoms with Crippen molar-refractivity contribution >= 4 is 78.3 Å². The first kappa shape index (κ1) is 32.1. The van der Waals surface area contributed by atoms with Crippen molar-refractivity contribution in [2.75, 3.05) is 0 Å². The maximum absolute atomic E-state index is 5.08. The Balaban J connectivity index is 1.16. The molecule has 4 nitrogen and oxygen atoms in total. The van der Waals surface area contributed by atoms with Gasteiger partial charge in [0.25, 0.3) is 0 Å². The van der Waals surface area contributed by atoms with Gasteiger partial charge in [-0.3, -0.25) is 9.55 Å². The van der Waals surface area contributed by atoms with Crippen molar-refractivity contribution in [3.63, 3.8) is 0 Å². The van der Waals surface area contributed by atoms with Crippen molar-refractivity contribution in [3.8, 4) is 33.9 Å². The summed E-state index contributed by atoms with van der Waals surface area (Å²) in [6.45, 7) is 0. The smallest absolute Gasteiger partial charge is 0.156 e. The molecule has 0 fully saturated rings. The summed E-state index contributed by atoms with van der Waals surface area (Å²) in [4.78, 5) is 12.5. The van der Waals surface area contributed by atoms with Gasteiger partial charge in [0.2, 0.25) is 0 Å². The molecule has 0 spiro atoms. The average molecular weight is 745 g/mol. The van der Waals surface area contributed by atoms with E-state index in [-0.39, 0.29) is 0 Å². The molecule has 1 aliphatic rings. The van der Waals surface area contributed by atoms with Crippen molar-refractivity contribution in [1.29, 1.82) is 0 Å². The highest BCUT2D eigenvalue weighted by molar-refractivity contribution is 7.99. The van der Waals surface area contributed by atoms with Gasteiger partial charge in [-0.2, -0.15) is 0 Å². The largest absolute Gasteiger partial charge is 0.309 e. The third kappa shape index (κ3) is 4.96. The van der Waals surface area contributed by atoms with Crippen LogP contribution in [0.5, 0.6) is 0 Å². The summed E-state index contributed by atoms with van der Waals surface area (Å²) in [7, 11) is 0. The molecule has 0 amide bonds. The number of aromatic nitrogens is 4. The van der Waals surface area contributed by atoms with Gasteiger partial charge in [-0.05, 0) is 81.6 Å². The average Bonchev–Trinajstić information content (AvgIpc) is 3.71. The number of hydrogen-bond acceptors (Lipinski definition) is 3. The van der Waals surface area contributed by atoms with Crippen molar-refractivity contribution < 1.29 is 0 Å². The monoisotopic (exact) mass is 744 g/mol. The Hall–Kier alpha value is -7.21. The number of hydrogen-bond donors (Lipinski definition) is 0. The first-order valence-corrected chi connectivity index (χ1v) is 20.0. The maximum atomic E-state index is 5.08. The maximum Gasteiger partial charge on any atom is 0.156 e. The molecule has 57 heavy (non-hydrogen) atoms. The Morgan fingerprint density at radius 1 is 0.439 bits per heavy atom. The van der Waals surface area contributed by atoms with Crippen LogP contribution in [-0.4, -0.2) is 19.1 Å². The molecule has 0 saturated carbocycles. The molecule has 4 heterocycles. The van der Waals surface area contributed by atoms with E-state index in [9.17, 15) is 0 Å². The van der Waals surface area contributed by atoms with E-state index in [0.717, 1.165) is 33.8 Å². The van der Waals surface area contributed by atoms with Crippen molar-refractivity contribution in [2.24, 2.45) is 0 Å². The summed E-state index contributed by atoms with van der Waals surface area (Å²) in [6.07, 6.45) is 8.50. The van der Waals surface area contributed by atoms with Gasteiger partial charge in [0.15, 0.2) is 5.82 Å². The summed E-state index contributed by atoms with van der Waals surface area (Å²) < 4.78 is 4.68. The Bertz CT molecular complexity index is 3410. The number of nitrogens with zero attached hydrogens (tertiary/aromatic N) is 4. The van der Waals surface area contributed by atoms with Crippen LogP contribution in [-0.2, 0) is 0 Å². The SMILES string of the molecule is C1=Cc2c(ccc3ccccc23)Sc2c1c(-c1ccc3c(c1)c1ccccc1n3-c1ccccc1)cc1c2c2ccccc2n1-c1cnc(-c2ccccc2)cn1. The molecule has 0 aliphatic carbocycles. The topological polar surface area (TPSA) is 35.6 Å². The summed E-state index contributed by atoms with van der Waals surface area (Å²) in [5, 5.41) is 7.37. The predicted molar refractivity (Wildman–Crippen MR) is 239 cm³/mol. The normalized spacial score (nSPS) is 12.4. The van der Waals surface area contributed by atoms with E-state index in [4.69, 9.17) is 9.97 Å². The summed E-state index contributed by atoms with van der Waals surface area (Å²) in [5.74, 6) is 0.786. The molecule has 1 aliphatic heterocycles. The molecule has 0 N–H and O–H groups in total. The van der Waals surface area contributed by atoms with Gasteiger partial charge in [-0.1, -0.05) is 145 Å². The van der Waals surface area contributed by atoms with Gasteiger partial charge in [0.05, 0.1) is 40.2 Å². The van der Waals surface area contributed by atoms with Crippen LogP contribution in [0, 0.1) is 0 Å². The molecule has 11 aromatic rings. The Kier molecular flexibility index (Phi) is 7.13. The van der Waals surface area contributed by atoms with Gasteiger partial charge < -0.3 is 4.57 Å². The number of para-hydroxylation sites is 3. The highest BCUT2D eigenvalue weighted by Gasteiger charge is 2.25. The van der Waals surface area contributed by atoms with Gasteiger partial charge >= 0.3 is 0 Å². The van der Waals surface area contributed by atoms with Gasteiger partial charge in [0.1, 0.15) is 0 Å². The molecule has 0 saturated heterocycles. The summed E-state index contributed by atoms with van der Waals surface area (Å²) in [6, 6.07) is 61.0. The second-order valence-electron chi connectivity index (χ2n) is 14.6. The minimum absolute atomic E-state index is 0.786. The Labute approximate surface area is 333 Å². The van der Waals surface area contributed by atoms with Crippen molar-refractivity contribution in [3.05, 3.63) is 193 Å². The summed E-state index contributed by atoms with van der Waals surface area (Å²) >= 11 is 1.87. The third-order valence-electron chi connectivity index (χ3n) is 11.4. The molecule has 8 aromatic carbocycles. The molecular weight excluding hydrogens is 713 g/mol. The Morgan fingerprint density at radius 2 is 1.12 bits per heavy atom. The molecule has 0 bridgehead atoms. The van der Waals surface area contributed by atoms with E-state index in [1.807, 2.05) is 42.4 Å².